The van der Waals surface area contributed by atoms with Gasteiger partial charge in [0.05, 0.1) is 5.57 Å². The molecule has 66 valence electrons. The number of Topliss-reactive ketones (excluding diaryl/α,β-unsaturated/α-hetero) is 2. The predicted molar refractivity (Wildman–Crippen MR) is 46.7 cm³/mol. The Morgan fingerprint density at radius 2 is 1.42 bits per heavy atom. The number of ketones is 2. The fraction of sp³-hybridized carbons (Fsp3) is 0.600. The summed E-state index contributed by atoms with van der Waals surface area (Å²) in [5.74, 6) is -0.175. The van der Waals surface area contributed by atoms with Crippen molar-refractivity contribution >= 4 is 11.6 Å². The molecule has 0 heterocycles. The van der Waals surface area contributed by atoms with Gasteiger partial charge in [0.25, 0.3) is 0 Å². The fourth-order valence-corrected chi connectivity index (χ4v) is 1.48. The summed E-state index contributed by atoms with van der Waals surface area (Å²) in [5, 5.41) is 0. The van der Waals surface area contributed by atoms with Crippen LogP contribution in [0.25, 0.3) is 0 Å². The first-order valence-corrected chi connectivity index (χ1v) is 4.31. The van der Waals surface area contributed by atoms with Crippen LogP contribution in [0.15, 0.2) is 12.2 Å². The second kappa shape index (κ2) is 3.21. The lowest BCUT2D eigenvalue weighted by Crippen LogP contribution is -2.17. The van der Waals surface area contributed by atoms with Gasteiger partial charge < -0.3 is 0 Å². The predicted octanol–water partition coefficient (Wildman–Crippen LogP) is 1.75. The van der Waals surface area contributed by atoms with E-state index in [2.05, 4.69) is 6.58 Å². The largest absolute Gasteiger partial charge is 0.294 e. The second-order valence-corrected chi connectivity index (χ2v) is 3.59. The molecule has 1 aliphatic carbocycles. The number of carbonyl (C=O) groups is 2. The molecule has 0 saturated heterocycles. The number of carbonyl (C=O) groups excluding carboxylic acids is 2. The lowest BCUT2D eigenvalue weighted by Gasteiger charge is -2.03. The van der Waals surface area contributed by atoms with Gasteiger partial charge in [-0.25, -0.2) is 0 Å². The molecule has 1 saturated carbocycles. The molecule has 2 heteroatoms. The first kappa shape index (κ1) is 9.17. The summed E-state index contributed by atoms with van der Waals surface area (Å²) in [7, 11) is 0. The van der Waals surface area contributed by atoms with Crippen molar-refractivity contribution in [3.8, 4) is 0 Å². The molecule has 2 unspecified atom stereocenters. The molecule has 0 radical (unpaired) electrons. The van der Waals surface area contributed by atoms with Crippen LogP contribution in [-0.2, 0) is 9.59 Å². The average Bonchev–Trinajstić information content (AvgIpc) is 2.14. The Morgan fingerprint density at radius 3 is 1.75 bits per heavy atom. The van der Waals surface area contributed by atoms with Gasteiger partial charge in [-0.1, -0.05) is 20.4 Å². The van der Waals surface area contributed by atoms with E-state index < -0.39 is 0 Å². The molecule has 0 aliphatic heterocycles. The van der Waals surface area contributed by atoms with Crippen molar-refractivity contribution in [2.24, 2.45) is 11.8 Å². The Morgan fingerprint density at radius 1 is 1.08 bits per heavy atom. The summed E-state index contributed by atoms with van der Waals surface area (Å²) in [6.07, 6.45) is 1.62. The van der Waals surface area contributed by atoms with Gasteiger partial charge >= 0.3 is 0 Å². The van der Waals surface area contributed by atoms with E-state index in [0.717, 1.165) is 12.8 Å². The molecular formula is C10H14O2. The smallest absolute Gasteiger partial charge is 0.168 e. The Bertz CT molecular complexity index is 216. The Kier molecular flexibility index (Phi) is 2.46. The third-order valence-corrected chi connectivity index (χ3v) is 2.52. The average molecular weight is 166 g/mol. The normalized spacial score (nSPS) is 32.0. The van der Waals surface area contributed by atoms with E-state index in [4.69, 9.17) is 0 Å². The van der Waals surface area contributed by atoms with Gasteiger partial charge in [0.1, 0.15) is 0 Å². The summed E-state index contributed by atoms with van der Waals surface area (Å²) >= 11 is 0. The SMILES string of the molecule is C=C1C(=O)C(C)CCC(C)C1=O. The maximum absolute atomic E-state index is 11.4. The molecule has 0 spiro atoms. The van der Waals surface area contributed by atoms with Crippen LogP contribution in [0.2, 0.25) is 0 Å². The molecule has 0 amide bonds. The summed E-state index contributed by atoms with van der Waals surface area (Å²) < 4.78 is 0. The van der Waals surface area contributed by atoms with Crippen molar-refractivity contribution in [2.75, 3.05) is 0 Å². The van der Waals surface area contributed by atoms with Crippen molar-refractivity contribution in [3.05, 3.63) is 12.2 Å². The van der Waals surface area contributed by atoms with Gasteiger partial charge in [-0.3, -0.25) is 9.59 Å². The van der Waals surface area contributed by atoms with Crippen LogP contribution in [0.3, 0.4) is 0 Å². The highest BCUT2D eigenvalue weighted by atomic mass is 16.1. The van der Waals surface area contributed by atoms with Crippen molar-refractivity contribution < 1.29 is 9.59 Å². The fourth-order valence-electron chi connectivity index (χ4n) is 1.48. The van der Waals surface area contributed by atoms with Crippen LogP contribution in [0.5, 0.6) is 0 Å². The molecule has 2 atom stereocenters. The molecule has 0 aromatic rings. The van der Waals surface area contributed by atoms with Crippen molar-refractivity contribution in [3.63, 3.8) is 0 Å². The zero-order valence-electron chi connectivity index (χ0n) is 7.59. The van der Waals surface area contributed by atoms with Crippen LogP contribution in [0.1, 0.15) is 26.7 Å². The minimum absolute atomic E-state index is 0.0219. The maximum atomic E-state index is 11.4. The Hall–Kier alpha value is -0.920. The summed E-state index contributed by atoms with van der Waals surface area (Å²) in [5.41, 5.74) is 0.201. The van der Waals surface area contributed by atoms with E-state index in [0.29, 0.717) is 0 Å². The van der Waals surface area contributed by atoms with Gasteiger partial charge in [0.15, 0.2) is 11.6 Å². The van der Waals surface area contributed by atoms with Gasteiger partial charge in [-0.05, 0) is 12.8 Å². The van der Waals surface area contributed by atoms with Crippen molar-refractivity contribution in [1.29, 1.82) is 0 Å². The summed E-state index contributed by atoms with van der Waals surface area (Å²) in [6.45, 7) is 7.26. The molecule has 0 aromatic heterocycles. The molecular weight excluding hydrogens is 152 g/mol. The third-order valence-electron chi connectivity index (χ3n) is 2.52. The first-order valence-electron chi connectivity index (χ1n) is 4.31. The summed E-state index contributed by atoms with van der Waals surface area (Å²) in [4.78, 5) is 22.8. The van der Waals surface area contributed by atoms with Crippen LogP contribution in [0, 0.1) is 11.8 Å². The molecule has 0 bridgehead atoms. The maximum Gasteiger partial charge on any atom is 0.168 e. The minimum atomic E-state index is -0.0654. The number of hydrogen-bond acceptors (Lipinski definition) is 2. The van der Waals surface area contributed by atoms with E-state index in [1.165, 1.54) is 0 Å². The zero-order valence-corrected chi connectivity index (χ0v) is 7.59. The van der Waals surface area contributed by atoms with Crippen LogP contribution in [0.4, 0.5) is 0 Å². The van der Waals surface area contributed by atoms with E-state index in [1.54, 1.807) is 0 Å². The Balaban J connectivity index is 2.90. The highest BCUT2D eigenvalue weighted by Crippen LogP contribution is 2.24. The number of rotatable bonds is 0. The lowest BCUT2D eigenvalue weighted by atomic mass is 9.98. The van der Waals surface area contributed by atoms with Crippen molar-refractivity contribution in [2.45, 2.75) is 26.7 Å². The van der Waals surface area contributed by atoms with Crippen LogP contribution < -0.4 is 0 Å². The van der Waals surface area contributed by atoms with E-state index in [-0.39, 0.29) is 29.0 Å². The molecule has 2 nitrogen and oxygen atoms in total. The minimum Gasteiger partial charge on any atom is -0.294 e. The molecule has 1 fully saturated rings. The van der Waals surface area contributed by atoms with Gasteiger partial charge in [0, 0.05) is 11.8 Å². The first-order chi connectivity index (χ1) is 5.54. The topological polar surface area (TPSA) is 34.1 Å². The van der Waals surface area contributed by atoms with Crippen LogP contribution in [-0.4, -0.2) is 11.6 Å². The van der Waals surface area contributed by atoms with E-state index >= 15 is 0 Å². The second-order valence-electron chi connectivity index (χ2n) is 3.59. The number of allylic oxidation sites excluding steroid dienone is 1. The van der Waals surface area contributed by atoms with Gasteiger partial charge in [-0.2, -0.15) is 0 Å². The third kappa shape index (κ3) is 1.47. The molecule has 1 rings (SSSR count). The highest BCUT2D eigenvalue weighted by Gasteiger charge is 2.29. The summed E-state index contributed by atoms with van der Waals surface area (Å²) in [6, 6.07) is 0. The highest BCUT2D eigenvalue weighted by molar-refractivity contribution is 6.21. The quantitative estimate of drug-likeness (QED) is 0.312. The molecule has 0 N–H and O–H groups in total. The monoisotopic (exact) mass is 166 g/mol. The van der Waals surface area contributed by atoms with Crippen LogP contribution >= 0.6 is 0 Å². The zero-order chi connectivity index (χ0) is 9.30. The van der Waals surface area contributed by atoms with Gasteiger partial charge in [-0.15, -0.1) is 0 Å². The number of hydrogen-bond donors (Lipinski definition) is 0. The standard InChI is InChI=1S/C10H14O2/c1-6-4-5-7(2)10(12)8(3)9(6)11/h6-7H,3-5H2,1-2H3. The van der Waals surface area contributed by atoms with E-state index in [1.807, 2.05) is 13.8 Å². The lowest BCUT2D eigenvalue weighted by molar-refractivity contribution is -0.123. The van der Waals surface area contributed by atoms with Gasteiger partial charge in [0.2, 0.25) is 0 Å². The molecule has 0 aromatic carbocycles. The Labute approximate surface area is 72.7 Å². The van der Waals surface area contributed by atoms with E-state index in [9.17, 15) is 9.59 Å². The molecule has 12 heavy (non-hydrogen) atoms. The molecule has 1 aliphatic rings. The van der Waals surface area contributed by atoms with Crippen molar-refractivity contribution in [1.82, 2.24) is 0 Å².